The number of amides is 3. The quantitative estimate of drug-likeness (QED) is 0.749. The Morgan fingerprint density at radius 1 is 1.08 bits per heavy atom. The van der Waals surface area contributed by atoms with Gasteiger partial charge < -0.3 is 5.32 Å². The summed E-state index contributed by atoms with van der Waals surface area (Å²) < 4.78 is 0. The van der Waals surface area contributed by atoms with Gasteiger partial charge in [-0.25, -0.2) is 4.79 Å². The fourth-order valence-electron chi connectivity index (χ4n) is 2.62. The zero-order valence-corrected chi connectivity index (χ0v) is 15.3. The highest BCUT2D eigenvalue weighted by molar-refractivity contribution is 6.02. The Morgan fingerprint density at radius 3 is 2.50 bits per heavy atom. The van der Waals surface area contributed by atoms with Gasteiger partial charge in [0.25, 0.3) is 0 Å². The summed E-state index contributed by atoms with van der Waals surface area (Å²) in [6.45, 7) is 8.91. The molecule has 0 atom stereocenters. The van der Waals surface area contributed by atoms with E-state index in [0.29, 0.717) is 18.8 Å². The van der Waals surface area contributed by atoms with Gasteiger partial charge in [0.2, 0.25) is 5.91 Å². The average Bonchev–Trinajstić information content (AvgIpc) is 2.60. The van der Waals surface area contributed by atoms with Crippen LogP contribution >= 0.6 is 0 Å². The van der Waals surface area contributed by atoms with Crippen LogP contribution in [0.4, 0.5) is 10.5 Å². The minimum atomic E-state index is -0.526. The van der Waals surface area contributed by atoms with E-state index in [9.17, 15) is 9.59 Å². The molecule has 0 aliphatic carbocycles. The number of aryl methyl sites for hydroxylation is 1. The van der Waals surface area contributed by atoms with Crippen molar-refractivity contribution in [3.63, 3.8) is 0 Å². The van der Waals surface area contributed by atoms with Gasteiger partial charge in [-0.15, -0.1) is 6.58 Å². The Kier molecular flexibility index (Phi) is 7.12. The van der Waals surface area contributed by atoms with Crippen molar-refractivity contribution in [2.24, 2.45) is 0 Å². The number of hydrogen-bond donors (Lipinski definition) is 2. The first-order chi connectivity index (χ1) is 12.5. The molecule has 0 saturated heterocycles. The predicted molar refractivity (Wildman–Crippen MR) is 105 cm³/mol. The van der Waals surface area contributed by atoms with Gasteiger partial charge in [-0.3, -0.25) is 15.0 Å². The Labute approximate surface area is 154 Å². The van der Waals surface area contributed by atoms with Gasteiger partial charge >= 0.3 is 6.03 Å². The number of anilines is 1. The third-order valence-electron chi connectivity index (χ3n) is 4.11. The molecule has 5 nitrogen and oxygen atoms in total. The molecule has 2 aromatic rings. The first kappa shape index (κ1) is 19.4. The first-order valence-electron chi connectivity index (χ1n) is 8.54. The normalized spacial score (nSPS) is 10.4. The van der Waals surface area contributed by atoms with Gasteiger partial charge in [0.15, 0.2) is 0 Å². The van der Waals surface area contributed by atoms with Crippen molar-refractivity contribution in [3.05, 3.63) is 77.9 Å². The minimum Gasteiger partial charge on any atom is -0.307 e. The van der Waals surface area contributed by atoms with E-state index in [-0.39, 0.29) is 12.5 Å². The fraction of sp³-hybridized carbons (Fsp3) is 0.238. The van der Waals surface area contributed by atoms with Gasteiger partial charge in [-0.2, -0.15) is 0 Å². The standard InChI is InChI=1S/C21H25N3O2/c1-4-13-24(14-18-10-6-5-7-11-18)15-20(25)23-21(26)22-19-12-8-9-16(2)17(19)3/h4-12H,1,13-15H2,2-3H3,(H2,22,23,25,26). The van der Waals surface area contributed by atoms with E-state index in [4.69, 9.17) is 0 Å². The summed E-state index contributed by atoms with van der Waals surface area (Å²) in [6.07, 6.45) is 1.74. The molecule has 0 spiro atoms. The van der Waals surface area contributed by atoms with Crippen molar-refractivity contribution in [1.29, 1.82) is 0 Å². The highest BCUT2D eigenvalue weighted by atomic mass is 16.2. The first-order valence-corrected chi connectivity index (χ1v) is 8.54. The molecule has 0 aliphatic rings. The van der Waals surface area contributed by atoms with Crippen molar-refractivity contribution in [1.82, 2.24) is 10.2 Å². The molecule has 2 aromatic carbocycles. The molecular formula is C21H25N3O2. The van der Waals surface area contributed by atoms with Gasteiger partial charge in [0.1, 0.15) is 0 Å². The van der Waals surface area contributed by atoms with Crippen LogP contribution < -0.4 is 10.6 Å². The maximum absolute atomic E-state index is 12.2. The van der Waals surface area contributed by atoms with Crippen molar-refractivity contribution >= 4 is 17.6 Å². The lowest BCUT2D eigenvalue weighted by atomic mass is 10.1. The fourth-order valence-corrected chi connectivity index (χ4v) is 2.62. The van der Waals surface area contributed by atoms with E-state index >= 15 is 0 Å². The molecular weight excluding hydrogens is 326 g/mol. The number of hydrogen-bond acceptors (Lipinski definition) is 3. The molecule has 5 heteroatoms. The molecule has 0 bridgehead atoms. The lowest BCUT2D eigenvalue weighted by Gasteiger charge is -2.20. The average molecular weight is 351 g/mol. The zero-order valence-electron chi connectivity index (χ0n) is 15.3. The second kappa shape index (κ2) is 9.53. The van der Waals surface area contributed by atoms with Crippen LogP contribution in [0, 0.1) is 13.8 Å². The smallest absolute Gasteiger partial charge is 0.307 e. The lowest BCUT2D eigenvalue weighted by molar-refractivity contribution is -0.121. The van der Waals surface area contributed by atoms with Crippen LogP contribution in [0.2, 0.25) is 0 Å². The topological polar surface area (TPSA) is 61.4 Å². The summed E-state index contributed by atoms with van der Waals surface area (Å²) in [6, 6.07) is 15.0. The van der Waals surface area contributed by atoms with Crippen molar-refractivity contribution < 1.29 is 9.59 Å². The monoisotopic (exact) mass is 351 g/mol. The van der Waals surface area contributed by atoms with E-state index in [1.54, 1.807) is 6.08 Å². The molecule has 26 heavy (non-hydrogen) atoms. The molecule has 2 N–H and O–H groups in total. The molecule has 3 amide bonds. The summed E-state index contributed by atoms with van der Waals surface area (Å²) >= 11 is 0. The van der Waals surface area contributed by atoms with Crippen LogP contribution in [0.3, 0.4) is 0 Å². The van der Waals surface area contributed by atoms with Crippen LogP contribution in [0.25, 0.3) is 0 Å². The summed E-state index contributed by atoms with van der Waals surface area (Å²) in [5, 5.41) is 5.11. The highest BCUT2D eigenvalue weighted by Crippen LogP contribution is 2.17. The van der Waals surface area contributed by atoms with Crippen LogP contribution in [0.5, 0.6) is 0 Å². The van der Waals surface area contributed by atoms with Gasteiger partial charge in [-0.05, 0) is 36.6 Å². The van der Waals surface area contributed by atoms with Crippen LogP contribution in [-0.2, 0) is 11.3 Å². The molecule has 0 unspecified atom stereocenters. The summed E-state index contributed by atoms with van der Waals surface area (Å²) in [7, 11) is 0. The number of carbonyl (C=O) groups is 2. The van der Waals surface area contributed by atoms with E-state index < -0.39 is 6.03 Å². The molecule has 0 heterocycles. The van der Waals surface area contributed by atoms with Crippen LogP contribution in [0.15, 0.2) is 61.2 Å². The summed E-state index contributed by atoms with van der Waals surface area (Å²) in [5.74, 6) is -0.356. The molecule has 2 rings (SSSR count). The zero-order chi connectivity index (χ0) is 18.9. The summed E-state index contributed by atoms with van der Waals surface area (Å²) in [4.78, 5) is 26.2. The number of benzene rings is 2. The number of rotatable bonds is 7. The Morgan fingerprint density at radius 2 is 1.81 bits per heavy atom. The SMILES string of the molecule is C=CCN(CC(=O)NC(=O)Nc1cccc(C)c1C)Cc1ccccc1. The van der Waals surface area contributed by atoms with Gasteiger partial charge in [-0.1, -0.05) is 48.5 Å². The third kappa shape index (κ3) is 5.86. The number of imide groups is 1. The van der Waals surface area contributed by atoms with Crippen LogP contribution in [0.1, 0.15) is 16.7 Å². The second-order valence-electron chi connectivity index (χ2n) is 6.19. The Hall–Kier alpha value is -2.92. The van der Waals surface area contributed by atoms with Crippen LogP contribution in [-0.4, -0.2) is 29.9 Å². The maximum atomic E-state index is 12.2. The molecule has 0 radical (unpaired) electrons. The van der Waals surface area contributed by atoms with E-state index in [2.05, 4.69) is 17.2 Å². The van der Waals surface area contributed by atoms with Gasteiger partial charge in [0, 0.05) is 18.8 Å². The third-order valence-corrected chi connectivity index (χ3v) is 4.11. The maximum Gasteiger partial charge on any atom is 0.325 e. The molecule has 0 aliphatic heterocycles. The van der Waals surface area contributed by atoms with E-state index in [1.807, 2.05) is 67.3 Å². The summed E-state index contributed by atoms with van der Waals surface area (Å²) in [5.41, 5.74) is 3.85. The highest BCUT2D eigenvalue weighted by Gasteiger charge is 2.14. The number of urea groups is 1. The Bertz CT molecular complexity index is 772. The molecule has 0 aromatic heterocycles. The van der Waals surface area contributed by atoms with E-state index in [0.717, 1.165) is 16.7 Å². The van der Waals surface area contributed by atoms with E-state index in [1.165, 1.54) is 0 Å². The minimum absolute atomic E-state index is 0.112. The molecule has 0 fully saturated rings. The number of nitrogens with one attached hydrogen (secondary N) is 2. The second-order valence-corrected chi connectivity index (χ2v) is 6.19. The van der Waals surface area contributed by atoms with Gasteiger partial charge in [0.05, 0.1) is 6.54 Å². The molecule has 136 valence electrons. The van der Waals surface area contributed by atoms with Crippen molar-refractivity contribution in [3.8, 4) is 0 Å². The largest absolute Gasteiger partial charge is 0.325 e. The lowest BCUT2D eigenvalue weighted by Crippen LogP contribution is -2.41. The van der Waals surface area contributed by atoms with Crippen molar-refractivity contribution in [2.75, 3.05) is 18.4 Å². The van der Waals surface area contributed by atoms with Crippen molar-refractivity contribution in [2.45, 2.75) is 20.4 Å². The molecule has 0 saturated carbocycles. The number of carbonyl (C=O) groups excluding carboxylic acids is 2. The Balaban J connectivity index is 1.91. The number of nitrogens with zero attached hydrogens (tertiary/aromatic N) is 1. The predicted octanol–water partition coefficient (Wildman–Crippen LogP) is 3.64.